The smallest absolute Gasteiger partial charge is 0.472 e. The van der Waals surface area contributed by atoms with E-state index in [9.17, 15) is 19.0 Å². The molecule has 0 amide bonds. The molecule has 226 valence electrons. The first-order chi connectivity index (χ1) is 20.1. The van der Waals surface area contributed by atoms with Crippen molar-refractivity contribution in [2.75, 3.05) is 26.9 Å². The number of phosphoric ester groups is 1. The zero-order chi connectivity index (χ0) is 30.4. The Balaban J connectivity index is 1.49. The van der Waals surface area contributed by atoms with E-state index >= 15 is 0 Å². The first-order valence-electron chi connectivity index (χ1n) is 13.0. The molecule has 3 atom stereocenters. The van der Waals surface area contributed by atoms with Gasteiger partial charge in [-0.05, 0) is 47.9 Å². The van der Waals surface area contributed by atoms with Crippen molar-refractivity contribution in [3.8, 4) is 17.2 Å². The molecule has 13 heteroatoms. The van der Waals surface area contributed by atoms with E-state index in [0.29, 0.717) is 17.9 Å². The Labute approximate surface area is 243 Å². The number of phosphoric acid groups is 1. The van der Waals surface area contributed by atoms with Gasteiger partial charge < -0.3 is 34.7 Å². The van der Waals surface area contributed by atoms with Gasteiger partial charge in [0.2, 0.25) is 0 Å². The molecule has 12 nitrogen and oxygen atoms in total. The van der Waals surface area contributed by atoms with Gasteiger partial charge in [0.05, 0.1) is 13.2 Å². The summed E-state index contributed by atoms with van der Waals surface area (Å²) in [7, 11) is -3.37. The van der Waals surface area contributed by atoms with Crippen molar-refractivity contribution in [3.05, 3.63) is 90.0 Å². The highest BCUT2D eigenvalue weighted by Gasteiger charge is 2.29. The van der Waals surface area contributed by atoms with Crippen LogP contribution in [0.3, 0.4) is 0 Å². The van der Waals surface area contributed by atoms with Crippen molar-refractivity contribution in [3.63, 3.8) is 0 Å². The Bertz CT molecular complexity index is 1340. The first kappa shape index (κ1) is 32.7. The summed E-state index contributed by atoms with van der Waals surface area (Å²) in [6.07, 6.45) is -0.828. The lowest BCUT2D eigenvalue weighted by Gasteiger charge is -2.20. The molecule has 42 heavy (non-hydrogen) atoms. The van der Waals surface area contributed by atoms with Gasteiger partial charge in [-0.25, -0.2) is 4.57 Å². The van der Waals surface area contributed by atoms with Gasteiger partial charge in [-0.3, -0.25) is 18.6 Å². The van der Waals surface area contributed by atoms with Gasteiger partial charge >= 0.3 is 19.8 Å². The summed E-state index contributed by atoms with van der Waals surface area (Å²) in [4.78, 5) is 33.1. The second kappa shape index (κ2) is 16.6. The van der Waals surface area contributed by atoms with E-state index in [1.165, 1.54) is 7.11 Å². The minimum atomic E-state index is -4.70. The second-order valence-corrected chi connectivity index (χ2v) is 10.4. The van der Waals surface area contributed by atoms with E-state index in [1.54, 1.807) is 0 Å². The third-order valence-corrected chi connectivity index (χ3v) is 6.68. The molecule has 0 aromatic heterocycles. The number of nitrogens with two attached hydrogens (primary N) is 1. The fourth-order valence-corrected chi connectivity index (χ4v) is 4.50. The van der Waals surface area contributed by atoms with Gasteiger partial charge in [-0.1, -0.05) is 48.5 Å². The van der Waals surface area contributed by atoms with Crippen LogP contribution in [0.4, 0.5) is 0 Å². The highest BCUT2D eigenvalue weighted by molar-refractivity contribution is 7.47. The Morgan fingerprint density at radius 1 is 0.929 bits per heavy atom. The summed E-state index contributed by atoms with van der Waals surface area (Å²) in [5.74, 6) is 0.0289. The second-order valence-electron chi connectivity index (χ2n) is 9.03. The van der Waals surface area contributed by atoms with E-state index in [2.05, 4.69) is 4.52 Å². The number of ether oxygens (including phenoxy) is 4. The molecule has 0 bridgehead atoms. The third kappa shape index (κ3) is 11.6. The lowest BCUT2D eigenvalue weighted by Crippen LogP contribution is -2.35. The number of hydrogen-bond donors (Lipinski definition) is 3. The van der Waals surface area contributed by atoms with Crippen molar-refractivity contribution >= 4 is 19.8 Å². The average Bonchev–Trinajstić information content (AvgIpc) is 2.97. The Morgan fingerprint density at radius 3 is 2.38 bits per heavy atom. The number of para-hydroxylation sites is 2. The van der Waals surface area contributed by atoms with Gasteiger partial charge in [-0.2, -0.15) is 0 Å². The molecule has 0 heterocycles. The van der Waals surface area contributed by atoms with E-state index in [-0.39, 0.29) is 19.6 Å². The number of benzene rings is 3. The molecule has 0 aliphatic heterocycles. The molecule has 1 unspecified atom stereocenters. The first-order valence-corrected chi connectivity index (χ1v) is 14.5. The van der Waals surface area contributed by atoms with E-state index in [1.807, 2.05) is 78.9 Å². The SMILES string of the molecule is COC[C@H](COC(=O)CCc1ccccc1OCc1cccc(Oc2ccccc2)c1)OP(=O)(O)OC[C@H](N)C(=O)O. The number of aryl methyl sites for hydroxylation is 1. The summed E-state index contributed by atoms with van der Waals surface area (Å²) in [5.41, 5.74) is 6.95. The van der Waals surface area contributed by atoms with Crippen LogP contribution in [0.2, 0.25) is 0 Å². The topological polar surface area (TPSA) is 173 Å². The zero-order valence-electron chi connectivity index (χ0n) is 23.0. The number of carbonyl (C=O) groups is 2. The number of hydrogen-bond acceptors (Lipinski definition) is 10. The number of aliphatic carboxylic acids is 1. The Hall–Kier alpha value is -3.77. The fourth-order valence-electron chi connectivity index (χ4n) is 3.59. The molecule has 0 aliphatic carbocycles. The maximum absolute atomic E-state index is 12.4. The van der Waals surface area contributed by atoms with E-state index < -0.39 is 45.1 Å². The monoisotopic (exact) mass is 603 g/mol. The minimum Gasteiger partial charge on any atom is -0.489 e. The standard InChI is InChI=1S/C29H34NO11P/c1-36-18-25(41-42(34,35)39-20-26(30)29(32)33)19-38-28(31)15-14-22-9-5-6-13-27(22)37-17-21-8-7-12-24(16-21)40-23-10-3-2-4-11-23/h2-13,16,25-26H,14-15,17-20,30H2,1H3,(H,32,33)(H,34,35)/t25-,26+/m1/s1. The largest absolute Gasteiger partial charge is 0.489 e. The molecule has 3 aromatic carbocycles. The summed E-state index contributed by atoms with van der Waals surface area (Å²) in [6.45, 7) is -1.06. The maximum atomic E-state index is 12.4. The molecule has 0 saturated carbocycles. The van der Waals surface area contributed by atoms with Crippen LogP contribution >= 0.6 is 7.82 Å². The van der Waals surface area contributed by atoms with Crippen molar-refractivity contribution in [1.29, 1.82) is 0 Å². The number of carbonyl (C=O) groups excluding carboxylic acids is 1. The highest BCUT2D eigenvalue weighted by Crippen LogP contribution is 2.44. The van der Waals surface area contributed by atoms with Crippen LogP contribution in [0.15, 0.2) is 78.9 Å². The summed E-state index contributed by atoms with van der Waals surface area (Å²) >= 11 is 0. The van der Waals surface area contributed by atoms with Crippen LogP contribution in [0.25, 0.3) is 0 Å². The molecule has 0 fully saturated rings. The molecular weight excluding hydrogens is 569 g/mol. The molecular formula is C29H34NO11P. The lowest BCUT2D eigenvalue weighted by molar-refractivity contribution is -0.147. The van der Waals surface area contributed by atoms with Crippen molar-refractivity contribution in [2.24, 2.45) is 5.73 Å². The number of carboxylic acid groups (broad SMARTS) is 1. The fraction of sp³-hybridized carbons (Fsp3) is 0.310. The molecule has 0 radical (unpaired) electrons. The molecule has 3 rings (SSSR count). The highest BCUT2D eigenvalue weighted by atomic mass is 31.2. The number of rotatable bonds is 18. The van der Waals surface area contributed by atoms with Gasteiger partial charge in [-0.15, -0.1) is 0 Å². The summed E-state index contributed by atoms with van der Waals surface area (Å²) in [6, 6.07) is 22.8. The van der Waals surface area contributed by atoms with E-state index in [4.69, 9.17) is 34.3 Å². The summed E-state index contributed by atoms with van der Waals surface area (Å²) < 4.78 is 43.8. The van der Waals surface area contributed by atoms with Crippen LogP contribution in [-0.2, 0) is 45.7 Å². The molecule has 0 aliphatic rings. The van der Waals surface area contributed by atoms with Crippen LogP contribution in [0, 0.1) is 0 Å². The summed E-state index contributed by atoms with van der Waals surface area (Å²) in [5, 5.41) is 8.77. The van der Waals surface area contributed by atoms with Gasteiger partial charge in [0.1, 0.15) is 42.6 Å². The van der Waals surface area contributed by atoms with Gasteiger partial charge in [0.15, 0.2) is 0 Å². The van der Waals surface area contributed by atoms with Crippen LogP contribution in [0.1, 0.15) is 17.5 Å². The average molecular weight is 604 g/mol. The van der Waals surface area contributed by atoms with Crippen LogP contribution in [-0.4, -0.2) is 61.0 Å². The number of carboxylic acids is 1. The molecule has 3 aromatic rings. The van der Waals surface area contributed by atoms with Crippen molar-refractivity contribution in [1.82, 2.24) is 0 Å². The van der Waals surface area contributed by atoms with E-state index in [0.717, 1.165) is 16.9 Å². The van der Waals surface area contributed by atoms with Crippen molar-refractivity contribution < 1.29 is 52.1 Å². The third-order valence-electron chi connectivity index (χ3n) is 5.64. The van der Waals surface area contributed by atoms with Gasteiger partial charge in [0, 0.05) is 13.5 Å². The Morgan fingerprint density at radius 2 is 1.64 bits per heavy atom. The van der Waals surface area contributed by atoms with Gasteiger partial charge in [0.25, 0.3) is 0 Å². The zero-order valence-corrected chi connectivity index (χ0v) is 23.9. The number of methoxy groups -OCH3 is 1. The lowest BCUT2D eigenvalue weighted by atomic mass is 10.1. The quantitative estimate of drug-likeness (QED) is 0.141. The normalized spacial score (nSPS) is 13.9. The number of esters is 1. The minimum absolute atomic E-state index is 0.00122. The molecule has 4 N–H and O–H groups in total. The van der Waals surface area contributed by atoms with Crippen LogP contribution in [0.5, 0.6) is 17.2 Å². The van der Waals surface area contributed by atoms with Crippen LogP contribution < -0.4 is 15.2 Å². The maximum Gasteiger partial charge on any atom is 0.472 e. The predicted molar refractivity (Wildman–Crippen MR) is 151 cm³/mol. The Kier molecular flexibility index (Phi) is 13.0. The predicted octanol–water partition coefficient (Wildman–Crippen LogP) is 4.09. The van der Waals surface area contributed by atoms with Crippen molar-refractivity contribution in [2.45, 2.75) is 31.6 Å². The molecule has 0 saturated heterocycles. The molecule has 0 spiro atoms.